The van der Waals surface area contributed by atoms with Crippen LogP contribution >= 0.6 is 11.3 Å². The van der Waals surface area contributed by atoms with E-state index in [-0.39, 0.29) is 0 Å². The summed E-state index contributed by atoms with van der Waals surface area (Å²) in [5, 5.41) is 13.3. The molecule has 3 heterocycles. The van der Waals surface area contributed by atoms with Crippen LogP contribution in [-0.2, 0) is 0 Å². The molecule has 0 bridgehead atoms. The van der Waals surface area contributed by atoms with Gasteiger partial charge in [0.05, 0.1) is 16.6 Å². The van der Waals surface area contributed by atoms with Gasteiger partial charge < -0.3 is 4.40 Å². The molecule has 9 aromatic rings. The maximum absolute atomic E-state index is 2.53. The summed E-state index contributed by atoms with van der Waals surface area (Å²) in [6.45, 7) is 0. The third kappa shape index (κ3) is 1.98. The first-order valence-electron chi connectivity index (χ1n) is 11.7. The predicted octanol–water partition coefficient (Wildman–Crippen LogP) is 9.51. The number of nitrogens with zero attached hydrogens (tertiary/aromatic N) is 1. The van der Waals surface area contributed by atoms with Crippen LogP contribution in [0.4, 0.5) is 0 Å². The molecule has 0 radical (unpaired) electrons. The van der Waals surface area contributed by atoms with Crippen molar-refractivity contribution in [1.29, 1.82) is 0 Å². The lowest BCUT2D eigenvalue weighted by atomic mass is 10.0. The molecule has 0 fully saturated rings. The molecule has 1 nitrogen and oxygen atoms in total. The lowest BCUT2D eigenvalue weighted by Crippen LogP contribution is -1.82. The van der Waals surface area contributed by atoms with Gasteiger partial charge in [-0.05, 0) is 57.9 Å². The Labute approximate surface area is 198 Å². The van der Waals surface area contributed by atoms with Crippen molar-refractivity contribution in [1.82, 2.24) is 4.40 Å². The fourth-order valence-corrected chi connectivity index (χ4v) is 7.39. The van der Waals surface area contributed by atoms with Crippen molar-refractivity contribution >= 4 is 91.1 Å². The molecule has 0 aliphatic carbocycles. The van der Waals surface area contributed by atoms with Crippen LogP contribution in [0.15, 0.2) is 103 Å². The summed E-state index contributed by atoms with van der Waals surface area (Å²) in [6.07, 6.45) is 0. The average molecular weight is 448 g/mol. The van der Waals surface area contributed by atoms with Gasteiger partial charge in [-0.3, -0.25) is 0 Å². The Morgan fingerprint density at radius 2 is 1.06 bits per heavy atom. The van der Waals surface area contributed by atoms with Crippen LogP contribution in [0, 0.1) is 0 Å². The minimum atomic E-state index is 1.29. The van der Waals surface area contributed by atoms with Crippen LogP contribution in [0.25, 0.3) is 79.8 Å². The fourth-order valence-electron chi connectivity index (χ4n) is 6.15. The number of hydrogen-bond donors (Lipinski definition) is 0. The van der Waals surface area contributed by atoms with E-state index in [9.17, 15) is 0 Å². The molecule has 9 rings (SSSR count). The van der Waals surface area contributed by atoms with E-state index in [2.05, 4.69) is 108 Å². The lowest BCUT2D eigenvalue weighted by molar-refractivity contribution is 1.38. The van der Waals surface area contributed by atoms with E-state index in [0.29, 0.717) is 0 Å². The third-order valence-corrected chi connectivity index (χ3v) is 8.84. The van der Waals surface area contributed by atoms with E-state index in [4.69, 9.17) is 0 Å². The fraction of sp³-hybridized carbons (Fsp3) is 0. The minimum Gasteiger partial charge on any atom is -0.308 e. The zero-order chi connectivity index (χ0) is 22.0. The quantitative estimate of drug-likeness (QED) is 0.218. The van der Waals surface area contributed by atoms with Crippen LogP contribution in [0.3, 0.4) is 0 Å². The molecule has 0 aliphatic heterocycles. The summed E-state index contributed by atoms with van der Waals surface area (Å²) in [6, 6.07) is 38.3. The van der Waals surface area contributed by atoms with Gasteiger partial charge in [-0.25, -0.2) is 0 Å². The Morgan fingerprint density at radius 1 is 0.471 bits per heavy atom. The van der Waals surface area contributed by atoms with Crippen molar-refractivity contribution in [2.45, 2.75) is 0 Å². The largest absolute Gasteiger partial charge is 0.308 e. The molecule has 0 unspecified atom stereocenters. The van der Waals surface area contributed by atoms with Crippen LogP contribution in [0.1, 0.15) is 0 Å². The highest BCUT2D eigenvalue weighted by Gasteiger charge is 2.22. The lowest BCUT2D eigenvalue weighted by Gasteiger charge is -2.03. The van der Waals surface area contributed by atoms with E-state index in [0.717, 1.165) is 0 Å². The molecule has 6 aromatic carbocycles. The zero-order valence-corrected chi connectivity index (χ0v) is 19.0. The predicted molar refractivity (Wildman–Crippen MR) is 149 cm³/mol. The Morgan fingerprint density at radius 3 is 1.79 bits per heavy atom. The third-order valence-electron chi connectivity index (χ3n) is 7.63. The molecular formula is C32H17NS. The Balaban J connectivity index is 1.67. The molecule has 0 spiro atoms. The van der Waals surface area contributed by atoms with E-state index in [1.54, 1.807) is 0 Å². The molecule has 156 valence electrons. The van der Waals surface area contributed by atoms with Gasteiger partial charge in [-0.15, -0.1) is 11.3 Å². The van der Waals surface area contributed by atoms with Crippen molar-refractivity contribution in [2.75, 3.05) is 0 Å². The zero-order valence-electron chi connectivity index (χ0n) is 18.2. The second kappa shape index (κ2) is 5.85. The van der Waals surface area contributed by atoms with Crippen molar-refractivity contribution in [3.05, 3.63) is 103 Å². The molecule has 3 aromatic heterocycles. The average Bonchev–Trinajstić information content (AvgIpc) is 3.51. The van der Waals surface area contributed by atoms with Gasteiger partial charge in [0.25, 0.3) is 0 Å². The first kappa shape index (κ1) is 17.4. The first-order valence-corrected chi connectivity index (χ1v) is 12.5. The Bertz CT molecular complexity index is 2270. The molecule has 0 saturated heterocycles. The number of rotatable bonds is 0. The molecule has 2 heteroatoms. The normalized spacial score (nSPS) is 12.7. The summed E-state index contributed by atoms with van der Waals surface area (Å²) in [5.74, 6) is 0. The van der Waals surface area contributed by atoms with E-state index >= 15 is 0 Å². The van der Waals surface area contributed by atoms with Crippen LogP contribution in [-0.4, -0.2) is 4.40 Å². The summed E-state index contributed by atoms with van der Waals surface area (Å²) in [7, 11) is 0. The van der Waals surface area contributed by atoms with Crippen molar-refractivity contribution < 1.29 is 0 Å². The summed E-state index contributed by atoms with van der Waals surface area (Å²) in [4.78, 5) is 0. The van der Waals surface area contributed by atoms with Crippen molar-refractivity contribution in [3.8, 4) is 0 Å². The molecular weight excluding hydrogens is 430 g/mol. The second-order valence-corrected chi connectivity index (χ2v) is 10.4. The highest BCUT2D eigenvalue weighted by Crippen LogP contribution is 2.48. The molecule has 0 aliphatic rings. The SMILES string of the molecule is c1ccc2cc3c(cc2c1)c1cc2c4ccccc4sc2c2c4cc5ccccc5cc4n3c12. The van der Waals surface area contributed by atoms with Crippen LogP contribution < -0.4 is 0 Å². The first-order chi connectivity index (χ1) is 16.8. The van der Waals surface area contributed by atoms with Gasteiger partial charge in [0.15, 0.2) is 0 Å². The highest BCUT2D eigenvalue weighted by atomic mass is 32.1. The maximum Gasteiger partial charge on any atom is 0.0635 e. The van der Waals surface area contributed by atoms with E-state index in [1.807, 2.05) is 11.3 Å². The Kier molecular flexibility index (Phi) is 2.99. The van der Waals surface area contributed by atoms with Crippen LogP contribution in [0.2, 0.25) is 0 Å². The molecule has 34 heavy (non-hydrogen) atoms. The molecule has 0 N–H and O–H groups in total. The molecule has 0 atom stereocenters. The highest BCUT2D eigenvalue weighted by molar-refractivity contribution is 7.26. The maximum atomic E-state index is 2.53. The Hall–Kier alpha value is -4.14. The van der Waals surface area contributed by atoms with Gasteiger partial charge in [0.2, 0.25) is 0 Å². The van der Waals surface area contributed by atoms with Crippen molar-refractivity contribution in [3.63, 3.8) is 0 Å². The standard InChI is InChI=1S/C32H17NS/c1-3-9-20-15-27-23(13-18(20)7-1)24-17-25-22-11-5-6-12-29(22)34-32(25)30-26-14-19-8-2-4-10-21(19)16-28(26)33(27)31(24)30/h1-17H. The topological polar surface area (TPSA) is 4.41 Å². The number of thiophene rings is 1. The van der Waals surface area contributed by atoms with E-state index < -0.39 is 0 Å². The summed E-state index contributed by atoms with van der Waals surface area (Å²) in [5.41, 5.74) is 3.95. The van der Waals surface area contributed by atoms with Crippen molar-refractivity contribution in [2.24, 2.45) is 0 Å². The summed E-state index contributed by atoms with van der Waals surface area (Å²) >= 11 is 1.93. The number of benzene rings is 6. The minimum absolute atomic E-state index is 1.29. The smallest absolute Gasteiger partial charge is 0.0635 e. The van der Waals surface area contributed by atoms with Gasteiger partial charge in [0, 0.05) is 41.7 Å². The van der Waals surface area contributed by atoms with Gasteiger partial charge >= 0.3 is 0 Å². The van der Waals surface area contributed by atoms with E-state index in [1.165, 1.54) is 79.8 Å². The molecule has 0 saturated carbocycles. The number of fused-ring (bicyclic) bond motifs is 12. The molecule has 0 amide bonds. The number of hydrogen-bond acceptors (Lipinski definition) is 1. The monoisotopic (exact) mass is 447 g/mol. The second-order valence-electron chi connectivity index (χ2n) is 9.39. The van der Waals surface area contributed by atoms with Crippen LogP contribution in [0.5, 0.6) is 0 Å². The summed E-state index contributed by atoms with van der Waals surface area (Å²) < 4.78 is 5.28. The van der Waals surface area contributed by atoms with Gasteiger partial charge in [-0.1, -0.05) is 66.7 Å². The number of aromatic nitrogens is 1. The van der Waals surface area contributed by atoms with Gasteiger partial charge in [-0.2, -0.15) is 0 Å². The van der Waals surface area contributed by atoms with Gasteiger partial charge in [0.1, 0.15) is 0 Å².